The van der Waals surface area contributed by atoms with Crippen LogP contribution in [-0.4, -0.2) is 18.2 Å². The summed E-state index contributed by atoms with van der Waals surface area (Å²) in [6, 6.07) is 10.6. The number of hydrazone groups is 1. The number of nitrogens with zero attached hydrogens (tertiary/aromatic N) is 1. The van der Waals surface area contributed by atoms with Crippen LogP contribution in [-0.2, 0) is 0 Å². The number of hydrogen-bond acceptors (Lipinski definition) is 4. The van der Waals surface area contributed by atoms with Gasteiger partial charge in [-0.1, -0.05) is 0 Å². The fraction of sp³-hybridized carbons (Fsp3) is 0.294. The van der Waals surface area contributed by atoms with Crippen LogP contribution in [0.3, 0.4) is 0 Å². The largest absolute Gasteiger partial charge is 0.490 e. The van der Waals surface area contributed by atoms with Crippen LogP contribution < -0.4 is 10.2 Å². The minimum absolute atomic E-state index is 0.268. The van der Waals surface area contributed by atoms with Crippen LogP contribution >= 0.6 is 0 Å². The van der Waals surface area contributed by atoms with Crippen LogP contribution in [0.2, 0.25) is 0 Å². The van der Waals surface area contributed by atoms with Gasteiger partial charge in [-0.05, 0) is 62.1 Å². The third-order valence-electron chi connectivity index (χ3n) is 3.62. The molecule has 114 valence electrons. The number of carbonyl (C=O) groups is 1. The van der Waals surface area contributed by atoms with Crippen molar-refractivity contribution < 1.29 is 13.9 Å². The molecule has 3 rings (SSSR count). The molecule has 1 fully saturated rings. The number of carbonyl (C=O) groups excluding carboxylic acids is 1. The summed E-state index contributed by atoms with van der Waals surface area (Å²) in [5, 5.41) is 3.85. The number of ether oxygens (including phenoxy) is 1. The first-order chi connectivity index (χ1) is 10.8. The van der Waals surface area contributed by atoms with Crippen LogP contribution in [0.5, 0.6) is 5.75 Å². The molecule has 0 radical (unpaired) electrons. The van der Waals surface area contributed by atoms with Gasteiger partial charge >= 0.3 is 0 Å². The molecule has 1 aromatic heterocycles. The number of amides is 1. The van der Waals surface area contributed by atoms with Gasteiger partial charge in [0.15, 0.2) is 0 Å². The van der Waals surface area contributed by atoms with Crippen molar-refractivity contribution in [1.29, 1.82) is 0 Å². The van der Waals surface area contributed by atoms with E-state index in [0.29, 0.717) is 17.4 Å². The molecule has 1 aliphatic carbocycles. The van der Waals surface area contributed by atoms with E-state index >= 15 is 0 Å². The molecule has 0 bridgehead atoms. The van der Waals surface area contributed by atoms with E-state index in [-0.39, 0.29) is 5.91 Å². The van der Waals surface area contributed by atoms with E-state index in [2.05, 4.69) is 10.5 Å². The van der Waals surface area contributed by atoms with Crippen LogP contribution in [0.1, 0.15) is 41.8 Å². The van der Waals surface area contributed by atoms with Gasteiger partial charge in [-0.25, -0.2) is 5.43 Å². The monoisotopic (exact) mass is 298 g/mol. The minimum Gasteiger partial charge on any atom is -0.490 e. The van der Waals surface area contributed by atoms with Gasteiger partial charge in [0.05, 0.1) is 18.6 Å². The zero-order valence-corrected chi connectivity index (χ0v) is 12.2. The van der Waals surface area contributed by atoms with Gasteiger partial charge in [0, 0.05) is 5.56 Å². The molecule has 1 heterocycles. The Hall–Kier alpha value is -2.56. The molecule has 0 aliphatic heterocycles. The molecule has 5 heteroatoms. The fourth-order valence-corrected chi connectivity index (χ4v) is 2.47. The van der Waals surface area contributed by atoms with Gasteiger partial charge in [0.1, 0.15) is 11.5 Å². The maximum atomic E-state index is 11.9. The summed E-state index contributed by atoms with van der Waals surface area (Å²) < 4.78 is 10.9. The van der Waals surface area contributed by atoms with Gasteiger partial charge in [0.2, 0.25) is 0 Å². The van der Waals surface area contributed by atoms with E-state index < -0.39 is 0 Å². The van der Waals surface area contributed by atoms with E-state index in [1.54, 1.807) is 30.5 Å². The molecular formula is C17H18N2O3. The SMILES string of the molecule is O=C(N/N=C\c1ccco1)c1ccc(OC2CCCC2)cc1. The standard InChI is InChI=1S/C17H18N2O3/c20-17(19-18-12-16-6-3-11-21-16)13-7-9-15(10-8-13)22-14-4-1-2-5-14/h3,6-12,14H,1-2,4-5H2,(H,19,20)/b18-12-. The van der Waals surface area contributed by atoms with E-state index in [1.165, 1.54) is 19.1 Å². The van der Waals surface area contributed by atoms with Crippen molar-refractivity contribution >= 4 is 12.1 Å². The van der Waals surface area contributed by atoms with Crippen LogP contribution in [0.4, 0.5) is 0 Å². The highest BCUT2D eigenvalue weighted by atomic mass is 16.5. The van der Waals surface area contributed by atoms with Gasteiger partial charge in [-0.15, -0.1) is 0 Å². The minimum atomic E-state index is -0.268. The summed E-state index contributed by atoms with van der Waals surface area (Å²) in [6.45, 7) is 0. The molecule has 1 amide bonds. The summed E-state index contributed by atoms with van der Waals surface area (Å²) in [5.74, 6) is 1.12. The summed E-state index contributed by atoms with van der Waals surface area (Å²) in [6.07, 6.45) is 8.02. The summed E-state index contributed by atoms with van der Waals surface area (Å²) in [5.41, 5.74) is 3.00. The summed E-state index contributed by atoms with van der Waals surface area (Å²) >= 11 is 0. The maximum Gasteiger partial charge on any atom is 0.271 e. The second-order valence-corrected chi connectivity index (χ2v) is 5.26. The second-order valence-electron chi connectivity index (χ2n) is 5.26. The Balaban J connectivity index is 1.54. The quantitative estimate of drug-likeness (QED) is 0.680. The van der Waals surface area contributed by atoms with Crippen LogP contribution in [0.25, 0.3) is 0 Å². The van der Waals surface area contributed by atoms with E-state index in [9.17, 15) is 4.79 Å². The molecule has 0 atom stereocenters. The zero-order chi connectivity index (χ0) is 15.2. The molecule has 1 aromatic carbocycles. The Bertz CT molecular complexity index is 626. The van der Waals surface area contributed by atoms with Gasteiger partial charge in [-0.2, -0.15) is 5.10 Å². The molecule has 2 aromatic rings. The van der Waals surface area contributed by atoms with Crippen molar-refractivity contribution in [2.24, 2.45) is 5.10 Å². The van der Waals surface area contributed by atoms with Crippen molar-refractivity contribution in [3.63, 3.8) is 0 Å². The van der Waals surface area contributed by atoms with Gasteiger partial charge in [-0.3, -0.25) is 4.79 Å². The lowest BCUT2D eigenvalue weighted by Crippen LogP contribution is -2.17. The summed E-state index contributed by atoms with van der Waals surface area (Å²) in [7, 11) is 0. The van der Waals surface area contributed by atoms with Gasteiger partial charge < -0.3 is 9.15 Å². The molecule has 1 N–H and O–H groups in total. The number of hydrogen-bond donors (Lipinski definition) is 1. The highest BCUT2D eigenvalue weighted by Crippen LogP contribution is 2.24. The highest BCUT2D eigenvalue weighted by Gasteiger charge is 2.16. The molecule has 5 nitrogen and oxygen atoms in total. The highest BCUT2D eigenvalue weighted by molar-refractivity contribution is 5.94. The topological polar surface area (TPSA) is 63.8 Å². The van der Waals surface area contributed by atoms with Crippen molar-refractivity contribution in [3.8, 4) is 5.75 Å². The predicted molar refractivity (Wildman–Crippen MR) is 83.1 cm³/mol. The summed E-state index contributed by atoms with van der Waals surface area (Å²) in [4.78, 5) is 11.9. The van der Waals surface area contributed by atoms with Gasteiger partial charge in [0.25, 0.3) is 5.91 Å². The molecule has 1 aliphatic rings. The molecule has 22 heavy (non-hydrogen) atoms. The average Bonchev–Trinajstić information content (AvgIpc) is 3.21. The van der Waals surface area contributed by atoms with Crippen molar-refractivity contribution in [2.75, 3.05) is 0 Å². The van der Waals surface area contributed by atoms with E-state index in [0.717, 1.165) is 18.6 Å². The number of benzene rings is 1. The third-order valence-corrected chi connectivity index (χ3v) is 3.62. The Morgan fingerprint density at radius 3 is 2.68 bits per heavy atom. The second kappa shape index (κ2) is 6.93. The van der Waals surface area contributed by atoms with Crippen molar-refractivity contribution in [3.05, 3.63) is 54.0 Å². The third kappa shape index (κ3) is 3.75. The number of nitrogens with one attached hydrogen (secondary N) is 1. The number of rotatable bonds is 5. The zero-order valence-electron chi connectivity index (χ0n) is 12.2. The lowest BCUT2D eigenvalue weighted by Gasteiger charge is -2.12. The number of furan rings is 1. The molecule has 0 saturated heterocycles. The fourth-order valence-electron chi connectivity index (χ4n) is 2.47. The lowest BCUT2D eigenvalue weighted by atomic mass is 10.2. The van der Waals surface area contributed by atoms with Crippen LogP contribution in [0.15, 0.2) is 52.2 Å². The normalized spacial score (nSPS) is 15.3. The molecule has 1 saturated carbocycles. The maximum absolute atomic E-state index is 11.9. The van der Waals surface area contributed by atoms with Crippen molar-refractivity contribution in [1.82, 2.24) is 5.43 Å². The van der Waals surface area contributed by atoms with E-state index in [4.69, 9.17) is 9.15 Å². The van der Waals surface area contributed by atoms with E-state index in [1.807, 2.05) is 12.1 Å². The molecular weight excluding hydrogens is 280 g/mol. The first-order valence-electron chi connectivity index (χ1n) is 7.45. The predicted octanol–water partition coefficient (Wildman–Crippen LogP) is 3.36. The Morgan fingerprint density at radius 1 is 1.23 bits per heavy atom. The molecule has 0 spiro atoms. The Labute approximate surface area is 129 Å². The Morgan fingerprint density at radius 2 is 2.00 bits per heavy atom. The van der Waals surface area contributed by atoms with Crippen molar-refractivity contribution in [2.45, 2.75) is 31.8 Å². The average molecular weight is 298 g/mol. The molecule has 0 unspecified atom stereocenters. The first-order valence-corrected chi connectivity index (χ1v) is 7.45. The lowest BCUT2D eigenvalue weighted by molar-refractivity contribution is 0.0955. The Kier molecular flexibility index (Phi) is 4.53. The van der Waals surface area contributed by atoms with Crippen LogP contribution in [0, 0.1) is 0 Å². The first kappa shape index (κ1) is 14.4. The smallest absolute Gasteiger partial charge is 0.271 e.